The van der Waals surface area contributed by atoms with Gasteiger partial charge in [-0.1, -0.05) is 13.3 Å². The molecule has 3 rings (SSSR count). The maximum atomic E-state index is 5.54. The van der Waals surface area contributed by atoms with Gasteiger partial charge in [0, 0.05) is 24.4 Å². The van der Waals surface area contributed by atoms with E-state index in [1.165, 1.54) is 0 Å². The number of hydrogen-bond acceptors (Lipinski definition) is 5. The highest BCUT2D eigenvalue weighted by molar-refractivity contribution is 5.74. The average molecular weight is 340 g/mol. The van der Waals surface area contributed by atoms with Gasteiger partial charge in [-0.05, 0) is 30.7 Å². The van der Waals surface area contributed by atoms with Crippen LogP contribution in [0.25, 0.3) is 11.2 Å². The number of unbranched alkanes of at least 4 members (excludes halogenated alkanes) is 1. The molecule has 0 bridgehead atoms. The molecular weight excluding hydrogens is 316 g/mol. The van der Waals surface area contributed by atoms with E-state index in [0.29, 0.717) is 6.54 Å². The Morgan fingerprint density at radius 2 is 2.04 bits per heavy atom. The molecule has 25 heavy (non-hydrogen) atoms. The number of aromatic nitrogens is 3. The van der Waals surface area contributed by atoms with Gasteiger partial charge >= 0.3 is 0 Å². The summed E-state index contributed by atoms with van der Waals surface area (Å²) in [7, 11) is 3.32. The fourth-order valence-corrected chi connectivity index (χ4v) is 2.78. The monoisotopic (exact) mass is 340 g/mol. The van der Waals surface area contributed by atoms with Crippen LogP contribution >= 0.6 is 0 Å². The quantitative estimate of drug-likeness (QED) is 0.634. The third-order valence-electron chi connectivity index (χ3n) is 4.16. The van der Waals surface area contributed by atoms with Crippen LogP contribution in [0.2, 0.25) is 0 Å². The molecule has 0 unspecified atom stereocenters. The van der Waals surface area contributed by atoms with Crippen molar-refractivity contribution < 1.29 is 9.47 Å². The molecule has 0 fully saturated rings. The SMILES string of the molecule is CCCCNc1nc2ncccc2n1Cc1ccc(OC)cc1OC. The molecule has 0 aliphatic heterocycles. The van der Waals surface area contributed by atoms with Gasteiger partial charge in [0.25, 0.3) is 0 Å². The minimum atomic E-state index is 0.643. The third-order valence-corrected chi connectivity index (χ3v) is 4.16. The first-order valence-corrected chi connectivity index (χ1v) is 8.52. The van der Waals surface area contributed by atoms with E-state index in [0.717, 1.165) is 53.6 Å². The second-order valence-corrected chi connectivity index (χ2v) is 5.83. The van der Waals surface area contributed by atoms with E-state index in [1.807, 2.05) is 30.3 Å². The number of nitrogens with zero attached hydrogens (tertiary/aromatic N) is 3. The number of nitrogens with one attached hydrogen (secondary N) is 1. The number of benzene rings is 1. The molecule has 1 N–H and O–H groups in total. The van der Waals surface area contributed by atoms with Crippen molar-refractivity contribution >= 4 is 17.1 Å². The van der Waals surface area contributed by atoms with E-state index in [9.17, 15) is 0 Å². The summed E-state index contributed by atoms with van der Waals surface area (Å²) in [6, 6.07) is 9.84. The predicted molar refractivity (Wildman–Crippen MR) is 99.6 cm³/mol. The highest BCUT2D eigenvalue weighted by Gasteiger charge is 2.14. The average Bonchev–Trinajstić information content (AvgIpc) is 3.00. The number of hydrogen-bond donors (Lipinski definition) is 1. The summed E-state index contributed by atoms with van der Waals surface area (Å²) < 4.78 is 13.0. The Labute approximate surface area is 147 Å². The zero-order chi connectivity index (χ0) is 17.6. The maximum absolute atomic E-state index is 5.54. The highest BCUT2D eigenvalue weighted by Crippen LogP contribution is 2.28. The fraction of sp³-hybridized carbons (Fsp3) is 0.368. The lowest BCUT2D eigenvalue weighted by Gasteiger charge is -2.14. The largest absolute Gasteiger partial charge is 0.497 e. The van der Waals surface area contributed by atoms with Crippen LogP contribution in [0.4, 0.5) is 5.95 Å². The lowest BCUT2D eigenvalue weighted by molar-refractivity contribution is 0.390. The molecule has 2 aromatic heterocycles. The summed E-state index contributed by atoms with van der Waals surface area (Å²) in [4.78, 5) is 9.02. The zero-order valence-corrected chi connectivity index (χ0v) is 15.0. The van der Waals surface area contributed by atoms with Crippen LogP contribution in [0, 0.1) is 0 Å². The Morgan fingerprint density at radius 1 is 1.16 bits per heavy atom. The Balaban J connectivity index is 1.98. The summed E-state index contributed by atoms with van der Waals surface area (Å²) in [6.07, 6.45) is 4.00. The Morgan fingerprint density at radius 3 is 2.80 bits per heavy atom. The van der Waals surface area contributed by atoms with Crippen molar-refractivity contribution in [1.29, 1.82) is 0 Å². The van der Waals surface area contributed by atoms with E-state index < -0.39 is 0 Å². The van der Waals surface area contributed by atoms with Crippen molar-refractivity contribution in [1.82, 2.24) is 14.5 Å². The van der Waals surface area contributed by atoms with Crippen molar-refractivity contribution in [3.05, 3.63) is 42.1 Å². The topological polar surface area (TPSA) is 61.2 Å². The van der Waals surface area contributed by atoms with Crippen molar-refractivity contribution in [3.63, 3.8) is 0 Å². The second-order valence-electron chi connectivity index (χ2n) is 5.83. The molecule has 3 aromatic rings. The molecule has 1 aromatic carbocycles. The number of pyridine rings is 1. The summed E-state index contributed by atoms with van der Waals surface area (Å²) in [5.74, 6) is 2.41. The molecule has 0 radical (unpaired) electrons. The molecule has 0 spiro atoms. The lowest BCUT2D eigenvalue weighted by Crippen LogP contribution is -2.10. The number of ether oxygens (including phenoxy) is 2. The number of rotatable bonds is 8. The fourth-order valence-electron chi connectivity index (χ4n) is 2.78. The van der Waals surface area contributed by atoms with Crippen LogP contribution in [0.3, 0.4) is 0 Å². The first kappa shape index (κ1) is 17.1. The van der Waals surface area contributed by atoms with Gasteiger partial charge in [0.05, 0.1) is 26.3 Å². The Bertz CT molecular complexity index is 845. The zero-order valence-electron chi connectivity index (χ0n) is 15.0. The second kappa shape index (κ2) is 7.88. The van der Waals surface area contributed by atoms with Crippen molar-refractivity contribution in [2.45, 2.75) is 26.3 Å². The van der Waals surface area contributed by atoms with E-state index in [1.54, 1.807) is 20.4 Å². The molecule has 0 saturated carbocycles. The van der Waals surface area contributed by atoms with E-state index >= 15 is 0 Å². The molecule has 0 aliphatic carbocycles. The smallest absolute Gasteiger partial charge is 0.205 e. The molecule has 6 heteroatoms. The first-order chi connectivity index (χ1) is 12.3. The van der Waals surface area contributed by atoms with Crippen molar-refractivity contribution in [2.75, 3.05) is 26.1 Å². The number of anilines is 1. The molecule has 2 heterocycles. The molecule has 0 amide bonds. The minimum Gasteiger partial charge on any atom is -0.497 e. The normalized spacial score (nSPS) is 10.8. The molecule has 0 aliphatic rings. The van der Waals surface area contributed by atoms with Crippen LogP contribution in [0.15, 0.2) is 36.5 Å². The molecule has 6 nitrogen and oxygen atoms in total. The summed E-state index contributed by atoms with van der Waals surface area (Å²) >= 11 is 0. The van der Waals surface area contributed by atoms with Crippen LogP contribution in [0.1, 0.15) is 25.3 Å². The van der Waals surface area contributed by atoms with Crippen LogP contribution < -0.4 is 14.8 Å². The van der Waals surface area contributed by atoms with Crippen LogP contribution in [0.5, 0.6) is 11.5 Å². The molecule has 132 valence electrons. The van der Waals surface area contributed by atoms with Crippen LogP contribution in [-0.4, -0.2) is 35.3 Å². The van der Waals surface area contributed by atoms with Gasteiger partial charge in [0.15, 0.2) is 5.65 Å². The number of methoxy groups -OCH3 is 2. The maximum Gasteiger partial charge on any atom is 0.205 e. The Kier molecular flexibility index (Phi) is 5.38. The van der Waals surface area contributed by atoms with Gasteiger partial charge in [-0.15, -0.1) is 0 Å². The minimum absolute atomic E-state index is 0.643. The van der Waals surface area contributed by atoms with E-state index in [-0.39, 0.29) is 0 Å². The Hall–Kier alpha value is -2.76. The van der Waals surface area contributed by atoms with Gasteiger partial charge in [-0.2, -0.15) is 4.98 Å². The molecule has 0 atom stereocenters. The predicted octanol–water partition coefficient (Wildman–Crippen LogP) is 3.71. The highest BCUT2D eigenvalue weighted by atomic mass is 16.5. The summed E-state index contributed by atoms with van der Waals surface area (Å²) in [5.41, 5.74) is 2.80. The van der Waals surface area contributed by atoms with Gasteiger partial charge in [-0.3, -0.25) is 0 Å². The van der Waals surface area contributed by atoms with E-state index in [4.69, 9.17) is 9.47 Å². The summed E-state index contributed by atoms with van der Waals surface area (Å²) in [5, 5.41) is 3.43. The van der Waals surface area contributed by atoms with E-state index in [2.05, 4.69) is 26.8 Å². The van der Waals surface area contributed by atoms with Crippen molar-refractivity contribution in [2.24, 2.45) is 0 Å². The molecular formula is C19H24N4O2. The number of fused-ring (bicyclic) bond motifs is 1. The number of imidazole rings is 1. The van der Waals surface area contributed by atoms with Gasteiger partial charge in [-0.25, -0.2) is 4.98 Å². The summed E-state index contributed by atoms with van der Waals surface area (Å²) in [6.45, 7) is 3.71. The third kappa shape index (κ3) is 3.68. The first-order valence-electron chi connectivity index (χ1n) is 8.52. The standard InChI is InChI=1S/C19H24N4O2/c1-4-5-10-21-19-22-18-16(7-6-11-20-18)23(19)13-14-8-9-15(24-2)12-17(14)25-3/h6-9,11-12H,4-5,10,13H2,1-3H3,(H,20,21,22). The van der Waals surface area contributed by atoms with Gasteiger partial charge < -0.3 is 19.4 Å². The van der Waals surface area contributed by atoms with Gasteiger partial charge in [0.1, 0.15) is 11.5 Å². The van der Waals surface area contributed by atoms with Gasteiger partial charge in [0.2, 0.25) is 5.95 Å². The lowest BCUT2D eigenvalue weighted by atomic mass is 10.2. The molecule has 0 saturated heterocycles. The van der Waals surface area contributed by atoms with Crippen molar-refractivity contribution in [3.8, 4) is 11.5 Å². The van der Waals surface area contributed by atoms with Crippen LogP contribution in [-0.2, 0) is 6.54 Å².